The van der Waals surface area contributed by atoms with Crippen molar-refractivity contribution in [3.8, 4) is 0 Å². The van der Waals surface area contributed by atoms with E-state index in [2.05, 4.69) is 181 Å². The van der Waals surface area contributed by atoms with Crippen molar-refractivity contribution in [2.45, 2.75) is 6.42 Å². The van der Waals surface area contributed by atoms with Gasteiger partial charge in [0.05, 0.1) is 5.69 Å². The number of para-hydroxylation sites is 2. The van der Waals surface area contributed by atoms with Gasteiger partial charge in [-0.15, -0.1) is 0 Å². The number of hydrogen-bond donors (Lipinski definition) is 0. The van der Waals surface area contributed by atoms with Crippen LogP contribution in [0, 0.1) is 0 Å². The molecule has 0 atom stereocenters. The van der Waals surface area contributed by atoms with E-state index in [1.807, 2.05) is 0 Å². The predicted molar refractivity (Wildman–Crippen MR) is 172 cm³/mol. The van der Waals surface area contributed by atoms with E-state index in [9.17, 15) is 0 Å². The number of rotatable bonds is 8. The molecule has 0 aliphatic rings. The fraction of sp³-hybridized carbons (Fsp3) is 0.0256. The molecule has 6 aromatic rings. The number of nitrogens with zero attached hydrogens (tertiary/aromatic N) is 1. The summed E-state index contributed by atoms with van der Waals surface area (Å²) < 4.78 is 0. The molecule has 0 spiro atoms. The Morgan fingerprint density at radius 1 is 0.500 bits per heavy atom. The van der Waals surface area contributed by atoms with E-state index in [1.54, 1.807) is 0 Å². The first kappa shape index (κ1) is 25.2. The lowest BCUT2D eigenvalue weighted by Gasteiger charge is -2.27. The lowest BCUT2D eigenvalue weighted by atomic mass is 9.92. The Hall–Kier alpha value is -5.14. The van der Waals surface area contributed by atoms with Gasteiger partial charge in [0.1, 0.15) is 0 Å². The molecular formula is C39H31N. The third-order valence-electron chi connectivity index (χ3n) is 7.14. The average Bonchev–Trinajstić information content (AvgIpc) is 3.03. The molecule has 0 saturated carbocycles. The molecule has 0 aliphatic carbocycles. The van der Waals surface area contributed by atoms with E-state index >= 15 is 0 Å². The first-order valence-electron chi connectivity index (χ1n) is 13.8. The lowest BCUT2D eigenvalue weighted by Crippen LogP contribution is -2.10. The Balaban J connectivity index is 1.50. The number of benzene rings is 6. The second-order valence-corrected chi connectivity index (χ2v) is 9.81. The molecule has 0 aromatic heterocycles. The molecular weight excluding hydrogens is 482 g/mol. The molecule has 0 N–H and O–H groups in total. The van der Waals surface area contributed by atoms with Gasteiger partial charge in [-0.05, 0) is 64.4 Å². The van der Waals surface area contributed by atoms with E-state index in [0.717, 1.165) is 23.5 Å². The molecule has 1 heteroatoms. The van der Waals surface area contributed by atoms with Gasteiger partial charge in [0.15, 0.2) is 0 Å². The molecule has 0 saturated heterocycles. The quantitative estimate of drug-likeness (QED) is 0.183. The van der Waals surface area contributed by atoms with Crippen LogP contribution in [0.25, 0.3) is 22.4 Å². The van der Waals surface area contributed by atoms with Gasteiger partial charge in [-0.1, -0.05) is 146 Å². The highest BCUT2D eigenvalue weighted by Gasteiger charge is 2.17. The van der Waals surface area contributed by atoms with Crippen LogP contribution in [0.5, 0.6) is 0 Å². The van der Waals surface area contributed by atoms with E-state index in [-0.39, 0.29) is 0 Å². The fourth-order valence-electron chi connectivity index (χ4n) is 5.24. The number of hydrogen-bond acceptors (Lipinski definition) is 1. The topological polar surface area (TPSA) is 3.24 Å². The van der Waals surface area contributed by atoms with Gasteiger partial charge < -0.3 is 4.90 Å². The summed E-state index contributed by atoms with van der Waals surface area (Å²) >= 11 is 0. The third kappa shape index (κ3) is 5.65. The molecule has 0 unspecified atom stereocenters. The van der Waals surface area contributed by atoms with E-state index < -0.39 is 0 Å². The van der Waals surface area contributed by atoms with E-state index in [0.29, 0.717) is 0 Å². The highest BCUT2D eigenvalue weighted by molar-refractivity contribution is 6.04. The van der Waals surface area contributed by atoms with Crippen molar-refractivity contribution in [1.82, 2.24) is 0 Å². The van der Waals surface area contributed by atoms with Gasteiger partial charge in [-0.3, -0.25) is 0 Å². The van der Waals surface area contributed by atoms with Crippen molar-refractivity contribution in [3.63, 3.8) is 0 Å². The highest BCUT2D eigenvalue weighted by atomic mass is 15.1. The maximum atomic E-state index is 2.35. The Morgan fingerprint density at radius 3 is 1.65 bits per heavy atom. The van der Waals surface area contributed by atoms with Crippen LogP contribution >= 0.6 is 0 Å². The highest BCUT2D eigenvalue weighted by Crippen LogP contribution is 2.41. The monoisotopic (exact) mass is 513 g/mol. The van der Waals surface area contributed by atoms with Crippen LogP contribution in [0.2, 0.25) is 0 Å². The van der Waals surface area contributed by atoms with Crippen molar-refractivity contribution >= 4 is 39.5 Å². The van der Waals surface area contributed by atoms with Crippen LogP contribution in [0.1, 0.15) is 16.7 Å². The standard InChI is InChI=1S/C39H31N/c1-5-16-31(17-6-1)20-15-21-33(30-32-18-7-2-8-19-32)36-28-29-39(38-27-14-13-26-37(36)38)40(34-22-9-3-10-23-34)35-24-11-4-12-25-35/h1-29H,30H2. The summed E-state index contributed by atoms with van der Waals surface area (Å²) in [5, 5.41) is 2.46. The molecule has 192 valence electrons. The minimum Gasteiger partial charge on any atom is -0.310 e. The molecule has 1 nitrogen and oxygen atoms in total. The van der Waals surface area contributed by atoms with Gasteiger partial charge in [-0.2, -0.15) is 0 Å². The van der Waals surface area contributed by atoms with Crippen molar-refractivity contribution in [1.29, 1.82) is 0 Å². The summed E-state index contributed by atoms with van der Waals surface area (Å²) in [7, 11) is 0. The molecule has 0 bridgehead atoms. The second-order valence-electron chi connectivity index (χ2n) is 9.81. The summed E-state index contributed by atoms with van der Waals surface area (Å²) in [5.74, 6) is 0. The van der Waals surface area contributed by atoms with Gasteiger partial charge in [0.2, 0.25) is 0 Å². The number of anilines is 3. The zero-order chi connectivity index (χ0) is 27.0. The van der Waals surface area contributed by atoms with Crippen LogP contribution in [-0.4, -0.2) is 0 Å². The molecule has 0 fully saturated rings. The zero-order valence-corrected chi connectivity index (χ0v) is 22.4. The van der Waals surface area contributed by atoms with Crippen LogP contribution in [0.4, 0.5) is 17.1 Å². The zero-order valence-electron chi connectivity index (χ0n) is 22.4. The van der Waals surface area contributed by atoms with Crippen molar-refractivity contribution in [2.75, 3.05) is 4.90 Å². The molecule has 0 amide bonds. The number of fused-ring (bicyclic) bond motifs is 1. The van der Waals surface area contributed by atoms with Gasteiger partial charge in [0, 0.05) is 16.8 Å². The van der Waals surface area contributed by atoms with E-state index in [4.69, 9.17) is 0 Å². The molecule has 6 rings (SSSR count). The summed E-state index contributed by atoms with van der Waals surface area (Å²) in [6, 6.07) is 55.7. The van der Waals surface area contributed by atoms with Gasteiger partial charge >= 0.3 is 0 Å². The minimum absolute atomic E-state index is 0.852. The Kier molecular flexibility index (Phi) is 7.64. The maximum Gasteiger partial charge on any atom is 0.0540 e. The van der Waals surface area contributed by atoms with Crippen molar-refractivity contribution in [3.05, 3.63) is 187 Å². The molecule has 6 aromatic carbocycles. The molecule has 0 radical (unpaired) electrons. The largest absolute Gasteiger partial charge is 0.310 e. The van der Waals surface area contributed by atoms with Gasteiger partial charge in [0.25, 0.3) is 0 Å². The summed E-state index contributed by atoms with van der Waals surface area (Å²) in [4.78, 5) is 2.35. The smallest absolute Gasteiger partial charge is 0.0540 e. The summed E-state index contributed by atoms with van der Waals surface area (Å²) in [6.45, 7) is 0. The van der Waals surface area contributed by atoms with Crippen LogP contribution in [-0.2, 0) is 6.42 Å². The van der Waals surface area contributed by atoms with E-state index in [1.165, 1.54) is 33.0 Å². The Bertz CT molecular complexity index is 1700. The second kappa shape index (κ2) is 12.1. The SMILES string of the molecule is C(=Cc1ccccc1)C=C(Cc1ccccc1)c1ccc(N(c2ccccc2)c2ccccc2)c2ccccc12. The first-order valence-corrected chi connectivity index (χ1v) is 13.8. The van der Waals surface area contributed by atoms with Crippen LogP contribution in [0.15, 0.2) is 170 Å². The summed E-state index contributed by atoms with van der Waals surface area (Å²) in [6.07, 6.45) is 7.47. The maximum absolute atomic E-state index is 2.35. The first-order chi connectivity index (χ1) is 19.9. The molecule has 40 heavy (non-hydrogen) atoms. The van der Waals surface area contributed by atoms with Crippen LogP contribution < -0.4 is 4.90 Å². The number of allylic oxidation sites excluding steroid dienone is 3. The molecule has 0 aliphatic heterocycles. The molecule has 0 heterocycles. The van der Waals surface area contributed by atoms with Gasteiger partial charge in [-0.25, -0.2) is 0 Å². The average molecular weight is 514 g/mol. The summed E-state index contributed by atoms with van der Waals surface area (Å²) in [5.41, 5.74) is 8.46. The lowest BCUT2D eigenvalue weighted by molar-refractivity contribution is 1.28. The Labute approximate surface area is 237 Å². The fourth-order valence-corrected chi connectivity index (χ4v) is 5.24. The Morgan fingerprint density at radius 2 is 1.02 bits per heavy atom. The third-order valence-corrected chi connectivity index (χ3v) is 7.14. The predicted octanol–water partition coefficient (Wildman–Crippen LogP) is 10.6. The normalized spacial score (nSPS) is 11.7. The van der Waals surface area contributed by atoms with Crippen LogP contribution in [0.3, 0.4) is 0 Å². The van der Waals surface area contributed by atoms with Crippen molar-refractivity contribution < 1.29 is 0 Å². The van der Waals surface area contributed by atoms with Crippen molar-refractivity contribution in [2.24, 2.45) is 0 Å². The minimum atomic E-state index is 0.852.